The van der Waals surface area contributed by atoms with Gasteiger partial charge < -0.3 is 25.5 Å². The first-order valence-electron chi connectivity index (χ1n) is 11.7. The Kier molecular flexibility index (Phi) is 9.27. The first-order valence-corrected chi connectivity index (χ1v) is 11.7. The molecule has 3 rings (SSSR count). The van der Waals surface area contributed by atoms with Crippen LogP contribution in [0.3, 0.4) is 0 Å². The molecule has 1 unspecified atom stereocenters. The van der Waals surface area contributed by atoms with Crippen LogP contribution in [0.4, 0.5) is 5.82 Å². The number of hydrogen-bond donors (Lipinski definition) is 3. The van der Waals surface area contributed by atoms with Crippen LogP contribution < -0.4 is 10.6 Å². The number of fused-ring (bicyclic) bond motifs is 1. The molecule has 0 radical (unpaired) electrons. The molecule has 1 aromatic heterocycles. The molecule has 2 aliphatic heterocycles. The zero-order chi connectivity index (χ0) is 22.8. The first kappa shape index (κ1) is 24.0. The van der Waals surface area contributed by atoms with Crippen LogP contribution in [0.2, 0.25) is 0 Å². The summed E-state index contributed by atoms with van der Waals surface area (Å²) in [4.78, 5) is 42.8. The van der Waals surface area contributed by atoms with Crippen molar-refractivity contribution in [2.75, 3.05) is 44.6 Å². The molecular weight excluding hydrogens is 410 g/mol. The topological polar surface area (TPSA) is 115 Å². The van der Waals surface area contributed by atoms with E-state index < -0.39 is 12.0 Å². The highest BCUT2D eigenvalue weighted by atomic mass is 16.4. The summed E-state index contributed by atoms with van der Waals surface area (Å²) < 4.78 is 0. The number of amides is 2. The van der Waals surface area contributed by atoms with Gasteiger partial charge in [-0.2, -0.15) is 0 Å². The number of carboxylic acids is 1. The number of nitrogens with one attached hydrogen (secondary N) is 2. The molecule has 3 heterocycles. The molecule has 176 valence electrons. The Morgan fingerprint density at radius 3 is 2.88 bits per heavy atom. The molecule has 1 atom stereocenters. The van der Waals surface area contributed by atoms with Crippen molar-refractivity contribution >= 4 is 24.1 Å². The van der Waals surface area contributed by atoms with Crippen LogP contribution in [0.5, 0.6) is 0 Å². The van der Waals surface area contributed by atoms with Crippen LogP contribution in [0.1, 0.15) is 49.8 Å². The van der Waals surface area contributed by atoms with Crippen molar-refractivity contribution in [1.29, 1.82) is 0 Å². The lowest BCUT2D eigenvalue weighted by Gasteiger charge is -2.26. The molecule has 9 heteroatoms. The van der Waals surface area contributed by atoms with Gasteiger partial charge in [-0.15, -0.1) is 0 Å². The highest BCUT2D eigenvalue weighted by Gasteiger charge is 2.22. The molecule has 32 heavy (non-hydrogen) atoms. The van der Waals surface area contributed by atoms with Gasteiger partial charge in [-0.1, -0.05) is 6.07 Å². The average Bonchev–Trinajstić information content (AvgIpc) is 3.21. The predicted molar refractivity (Wildman–Crippen MR) is 121 cm³/mol. The summed E-state index contributed by atoms with van der Waals surface area (Å²) in [5.74, 6) is 0.190. The van der Waals surface area contributed by atoms with Crippen LogP contribution in [-0.2, 0) is 27.2 Å². The minimum atomic E-state index is -1.03. The molecule has 0 aromatic carbocycles. The van der Waals surface area contributed by atoms with Crippen LogP contribution in [0.25, 0.3) is 0 Å². The fourth-order valence-corrected chi connectivity index (χ4v) is 4.36. The van der Waals surface area contributed by atoms with E-state index in [1.165, 1.54) is 5.56 Å². The van der Waals surface area contributed by atoms with Gasteiger partial charge in [-0.05, 0) is 63.1 Å². The summed E-state index contributed by atoms with van der Waals surface area (Å²) >= 11 is 0. The van der Waals surface area contributed by atoms with Gasteiger partial charge in [0.05, 0.1) is 0 Å². The van der Waals surface area contributed by atoms with E-state index in [1.807, 2.05) is 4.90 Å². The predicted octanol–water partition coefficient (Wildman–Crippen LogP) is 1.28. The van der Waals surface area contributed by atoms with Crippen molar-refractivity contribution in [2.45, 2.75) is 57.4 Å². The van der Waals surface area contributed by atoms with Gasteiger partial charge in [-0.25, -0.2) is 9.78 Å². The average molecular weight is 446 g/mol. The first-order chi connectivity index (χ1) is 15.6. The SMILES string of the molecule is O=CNC(CCN(CCCCc1ccc2c(n1)NCCC2)CCN1CCCC1=O)C(=O)O. The van der Waals surface area contributed by atoms with Crippen molar-refractivity contribution in [1.82, 2.24) is 20.1 Å². The molecule has 2 aliphatic rings. The Bertz CT molecular complexity index is 788. The molecular formula is C23H35N5O4. The monoisotopic (exact) mass is 445 g/mol. The van der Waals surface area contributed by atoms with Gasteiger partial charge in [0.25, 0.3) is 0 Å². The van der Waals surface area contributed by atoms with E-state index in [9.17, 15) is 19.5 Å². The maximum Gasteiger partial charge on any atom is 0.326 e. The van der Waals surface area contributed by atoms with Crippen molar-refractivity contribution in [3.63, 3.8) is 0 Å². The highest BCUT2D eigenvalue weighted by Crippen LogP contribution is 2.20. The lowest BCUT2D eigenvalue weighted by atomic mass is 10.1. The third-order valence-electron chi connectivity index (χ3n) is 6.27. The number of unbranched alkanes of at least 4 members (excludes halogenated alkanes) is 1. The molecule has 0 saturated carbocycles. The Morgan fingerprint density at radius 2 is 2.12 bits per heavy atom. The maximum atomic E-state index is 11.9. The van der Waals surface area contributed by atoms with E-state index in [0.29, 0.717) is 38.9 Å². The summed E-state index contributed by atoms with van der Waals surface area (Å²) in [6.07, 6.45) is 7.38. The number of aliphatic carboxylic acids is 1. The van der Waals surface area contributed by atoms with Crippen molar-refractivity contribution in [3.05, 3.63) is 23.4 Å². The Balaban J connectivity index is 1.47. The second-order valence-electron chi connectivity index (χ2n) is 8.59. The minimum absolute atomic E-state index is 0.197. The summed E-state index contributed by atoms with van der Waals surface area (Å²) in [6, 6.07) is 3.40. The van der Waals surface area contributed by atoms with E-state index in [0.717, 1.165) is 69.7 Å². The molecule has 9 nitrogen and oxygen atoms in total. The van der Waals surface area contributed by atoms with Crippen LogP contribution in [0, 0.1) is 0 Å². The van der Waals surface area contributed by atoms with Gasteiger partial charge in [0.1, 0.15) is 11.9 Å². The number of nitrogens with zero attached hydrogens (tertiary/aromatic N) is 3. The smallest absolute Gasteiger partial charge is 0.326 e. The van der Waals surface area contributed by atoms with E-state index in [1.54, 1.807) is 0 Å². The number of pyridine rings is 1. The lowest BCUT2D eigenvalue weighted by Crippen LogP contribution is -2.41. The van der Waals surface area contributed by atoms with Crippen LogP contribution in [-0.4, -0.2) is 83.5 Å². The van der Waals surface area contributed by atoms with E-state index in [4.69, 9.17) is 4.98 Å². The molecule has 1 saturated heterocycles. The maximum absolute atomic E-state index is 11.9. The van der Waals surface area contributed by atoms with Gasteiger partial charge in [0.15, 0.2) is 0 Å². The highest BCUT2D eigenvalue weighted by molar-refractivity contribution is 5.78. The number of carbonyl (C=O) groups excluding carboxylic acids is 2. The standard InChI is InChI=1S/C23H35N5O4/c29-17-25-20(23(31)32)10-14-27(15-16-28-13-4-7-21(28)30)12-2-1-6-19-9-8-18-5-3-11-24-22(18)26-19/h8-9,17,20H,1-7,10-16H2,(H,24,26)(H,25,29)(H,31,32). The van der Waals surface area contributed by atoms with E-state index in [-0.39, 0.29) is 5.91 Å². The normalized spacial score (nSPS) is 16.5. The zero-order valence-corrected chi connectivity index (χ0v) is 18.7. The fourth-order valence-electron chi connectivity index (χ4n) is 4.36. The molecule has 3 N–H and O–H groups in total. The van der Waals surface area contributed by atoms with Gasteiger partial charge >= 0.3 is 5.97 Å². The second-order valence-corrected chi connectivity index (χ2v) is 8.59. The number of carboxylic acid groups (broad SMARTS) is 1. The van der Waals surface area contributed by atoms with Gasteiger partial charge in [0.2, 0.25) is 12.3 Å². The molecule has 0 aliphatic carbocycles. The minimum Gasteiger partial charge on any atom is -0.480 e. The number of hydrogen-bond acceptors (Lipinski definition) is 6. The van der Waals surface area contributed by atoms with E-state index >= 15 is 0 Å². The number of aromatic nitrogens is 1. The molecule has 0 spiro atoms. The number of likely N-dealkylation sites (tertiary alicyclic amines) is 1. The molecule has 0 bridgehead atoms. The molecule has 2 amide bonds. The quantitative estimate of drug-likeness (QED) is 0.292. The van der Waals surface area contributed by atoms with Crippen molar-refractivity contribution in [3.8, 4) is 0 Å². The summed E-state index contributed by atoms with van der Waals surface area (Å²) in [5, 5.41) is 15.0. The summed E-state index contributed by atoms with van der Waals surface area (Å²) in [6.45, 7) is 4.53. The summed E-state index contributed by atoms with van der Waals surface area (Å²) in [5.41, 5.74) is 2.38. The molecule has 1 fully saturated rings. The lowest BCUT2D eigenvalue weighted by molar-refractivity contribution is -0.140. The number of rotatable bonds is 14. The third kappa shape index (κ3) is 7.19. The van der Waals surface area contributed by atoms with Crippen LogP contribution in [0.15, 0.2) is 12.1 Å². The number of anilines is 1. The fraction of sp³-hybridized carbons (Fsp3) is 0.652. The van der Waals surface area contributed by atoms with Crippen LogP contribution >= 0.6 is 0 Å². The second kappa shape index (κ2) is 12.4. The zero-order valence-electron chi connectivity index (χ0n) is 18.7. The largest absolute Gasteiger partial charge is 0.480 e. The van der Waals surface area contributed by atoms with E-state index in [2.05, 4.69) is 27.7 Å². The molecule has 1 aromatic rings. The Labute approximate surface area is 189 Å². The van der Waals surface area contributed by atoms with Crippen molar-refractivity contribution < 1.29 is 19.5 Å². The third-order valence-corrected chi connectivity index (χ3v) is 6.27. The van der Waals surface area contributed by atoms with Crippen molar-refractivity contribution in [2.24, 2.45) is 0 Å². The van der Waals surface area contributed by atoms with Gasteiger partial charge in [0, 0.05) is 44.8 Å². The van der Waals surface area contributed by atoms with Gasteiger partial charge in [-0.3, -0.25) is 9.59 Å². The Hall–Kier alpha value is -2.68. The number of carbonyl (C=O) groups is 3. The number of aryl methyl sites for hydroxylation is 2. The summed E-state index contributed by atoms with van der Waals surface area (Å²) in [7, 11) is 0. The Morgan fingerprint density at radius 1 is 1.25 bits per heavy atom.